The van der Waals surface area contributed by atoms with Gasteiger partial charge in [-0.05, 0) is 42.2 Å². The first-order valence-corrected chi connectivity index (χ1v) is 6.48. The normalized spacial score (nSPS) is 14.1. The number of hydrogen-bond acceptors (Lipinski definition) is 3. The second-order valence-electron chi connectivity index (χ2n) is 4.92. The van der Waals surface area contributed by atoms with E-state index in [9.17, 15) is 5.11 Å². The van der Waals surface area contributed by atoms with Crippen molar-refractivity contribution in [1.29, 1.82) is 0 Å². The Kier molecular flexibility index (Phi) is 4.30. The van der Waals surface area contributed by atoms with Gasteiger partial charge in [-0.3, -0.25) is 4.98 Å². The average Bonchev–Trinajstić information content (AvgIpc) is 2.44. The molecule has 1 aromatic heterocycles. The van der Waals surface area contributed by atoms with Crippen molar-refractivity contribution < 1.29 is 5.11 Å². The highest BCUT2D eigenvalue weighted by atomic mass is 16.3. The van der Waals surface area contributed by atoms with Gasteiger partial charge in [0, 0.05) is 24.9 Å². The number of nitrogens with zero attached hydrogens (tertiary/aromatic N) is 1. The Morgan fingerprint density at radius 3 is 2.53 bits per heavy atom. The molecule has 1 heterocycles. The maximum Gasteiger partial charge on any atom is 0.0871 e. The van der Waals surface area contributed by atoms with Gasteiger partial charge in [-0.1, -0.05) is 24.3 Å². The molecule has 100 valence electrons. The van der Waals surface area contributed by atoms with Crippen molar-refractivity contribution in [2.75, 3.05) is 6.54 Å². The maximum absolute atomic E-state index is 10.5. The topological polar surface area (TPSA) is 59.1 Å². The lowest BCUT2D eigenvalue weighted by atomic mass is 9.89. The van der Waals surface area contributed by atoms with E-state index in [0.717, 1.165) is 11.1 Å². The highest BCUT2D eigenvalue weighted by molar-refractivity contribution is 5.33. The van der Waals surface area contributed by atoms with Crippen LogP contribution in [0, 0.1) is 13.8 Å². The SMILES string of the molecule is Cc1ccc(C(O)C(CN)c2cccnc2)cc1C. The summed E-state index contributed by atoms with van der Waals surface area (Å²) in [4.78, 5) is 4.09. The van der Waals surface area contributed by atoms with E-state index in [2.05, 4.69) is 11.9 Å². The van der Waals surface area contributed by atoms with E-state index in [-0.39, 0.29) is 5.92 Å². The molecule has 2 unspecified atom stereocenters. The Labute approximate surface area is 114 Å². The van der Waals surface area contributed by atoms with Gasteiger partial charge in [0.2, 0.25) is 0 Å². The molecular formula is C16H20N2O. The van der Waals surface area contributed by atoms with E-state index in [1.165, 1.54) is 11.1 Å². The lowest BCUT2D eigenvalue weighted by Crippen LogP contribution is -2.20. The summed E-state index contributed by atoms with van der Waals surface area (Å²) in [6.45, 7) is 4.50. The summed E-state index contributed by atoms with van der Waals surface area (Å²) in [5, 5.41) is 10.5. The van der Waals surface area contributed by atoms with Gasteiger partial charge in [-0.25, -0.2) is 0 Å². The van der Waals surface area contributed by atoms with E-state index < -0.39 is 6.10 Å². The number of aryl methyl sites for hydroxylation is 2. The van der Waals surface area contributed by atoms with Crippen LogP contribution in [0.5, 0.6) is 0 Å². The monoisotopic (exact) mass is 256 g/mol. The highest BCUT2D eigenvalue weighted by Crippen LogP contribution is 2.30. The molecular weight excluding hydrogens is 236 g/mol. The Hall–Kier alpha value is -1.71. The zero-order valence-corrected chi connectivity index (χ0v) is 11.4. The summed E-state index contributed by atoms with van der Waals surface area (Å²) in [5.74, 6) is -0.129. The first-order chi connectivity index (χ1) is 9.13. The smallest absolute Gasteiger partial charge is 0.0871 e. The molecule has 3 N–H and O–H groups in total. The Balaban J connectivity index is 2.30. The molecule has 19 heavy (non-hydrogen) atoms. The van der Waals surface area contributed by atoms with Crippen molar-refractivity contribution in [3.63, 3.8) is 0 Å². The second kappa shape index (κ2) is 5.95. The summed E-state index contributed by atoms with van der Waals surface area (Å²) in [6, 6.07) is 9.84. The summed E-state index contributed by atoms with van der Waals surface area (Å²) in [5.41, 5.74) is 10.1. The maximum atomic E-state index is 10.5. The van der Waals surface area contributed by atoms with E-state index in [4.69, 9.17) is 5.73 Å². The van der Waals surface area contributed by atoms with Crippen molar-refractivity contribution in [3.05, 3.63) is 65.0 Å². The van der Waals surface area contributed by atoms with Gasteiger partial charge in [-0.15, -0.1) is 0 Å². The van der Waals surface area contributed by atoms with Crippen molar-refractivity contribution in [3.8, 4) is 0 Å². The molecule has 2 aromatic rings. The van der Waals surface area contributed by atoms with Crippen LogP contribution in [0.1, 0.15) is 34.3 Å². The van der Waals surface area contributed by atoms with Gasteiger partial charge in [0.25, 0.3) is 0 Å². The van der Waals surface area contributed by atoms with Crippen molar-refractivity contribution >= 4 is 0 Å². The number of aliphatic hydroxyl groups excluding tert-OH is 1. The quantitative estimate of drug-likeness (QED) is 0.883. The molecule has 0 bridgehead atoms. The number of aliphatic hydroxyl groups is 1. The minimum Gasteiger partial charge on any atom is -0.388 e. The highest BCUT2D eigenvalue weighted by Gasteiger charge is 2.21. The van der Waals surface area contributed by atoms with Crippen LogP contribution in [0.2, 0.25) is 0 Å². The number of aromatic nitrogens is 1. The fourth-order valence-electron chi connectivity index (χ4n) is 2.22. The largest absolute Gasteiger partial charge is 0.388 e. The molecule has 0 aliphatic rings. The minimum atomic E-state index is -0.603. The third-order valence-electron chi connectivity index (χ3n) is 3.62. The average molecular weight is 256 g/mol. The van der Waals surface area contributed by atoms with Crippen LogP contribution in [-0.4, -0.2) is 16.6 Å². The van der Waals surface area contributed by atoms with Gasteiger partial charge in [-0.2, -0.15) is 0 Å². The zero-order valence-electron chi connectivity index (χ0n) is 11.4. The fourth-order valence-corrected chi connectivity index (χ4v) is 2.22. The van der Waals surface area contributed by atoms with Crippen molar-refractivity contribution in [2.45, 2.75) is 25.9 Å². The van der Waals surface area contributed by atoms with Crippen molar-refractivity contribution in [2.24, 2.45) is 5.73 Å². The second-order valence-corrected chi connectivity index (χ2v) is 4.92. The van der Waals surface area contributed by atoms with Crippen LogP contribution in [-0.2, 0) is 0 Å². The van der Waals surface area contributed by atoms with Gasteiger partial charge in [0.05, 0.1) is 6.10 Å². The van der Waals surface area contributed by atoms with E-state index in [1.54, 1.807) is 12.4 Å². The van der Waals surface area contributed by atoms with Crippen LogP contribution in [0.4, 0.5) is 0 Å². The van der Waals surface area contributed by atoms with Crippen LogP contribution in [0.25, 0.3) is 0 Å². The van der Waals surface area contributed by atoms with Crippen LogP contribution in [0.3, 0.4) is 0 Å². The van der Waals surface area contributed by atoms with Gasteiger partial charge >= 0.3 is 0 Å². The van der Waals surface area contributed by atoms with Gasteiger partial charge < -0.3 is 10.8 Å². The molecule has 3 nitrogen and oxygen atoms in total. The zero-order chi connectivity index (χ0) is 13.8. The Morgan fingerprint density at radius 2 is 1.95 bits per heavy atom. The van der Waals surface area contributed by atoms with E-state index >= 15 is 0 Å². The molecule has 0 aliphatic carbocycles. The third kappa shape index (κ3) is 3.00. The molecule has 0 aliphatic heterocycles. The van der Waals surface area contributed by atoms with E-state index in [1.807, 2.05) is 37.3 Å². The fraction of sp³-hybridized carbons (Fsp3) is 0.312. The standard InChI is InChI=1S/C16H20N2O/c1-11-5-6-13(8-12(11)2)16(19)15(9-17)14-4-3-7-18-10-14/h3-8,10,15-16,19H,9,17H2,1-2H3. The summed E-state index contributed by atoms with van der Waals surface area (Å²) in [7, 11) is 0. The molecule has 2 rings (SSSR count). The molecule has 0 amide bonds. The first-order valence-electron chi connectivity index (χ1n) is 6.48. The van der Waals surface area contributed by atoms with Gasteiger partial charge in [0.1, 0.15) is 0 Å². The van der Waals surface area contributed by atoms with Crippen LogP contribution >= 0.6 is 0 Å². The predicted molar refractivity (Wildman–Crippen MR) is 76.9 cm³/mol. The summed E-state index contributed by atoms with van der Waals surface area (Å²) < 4.78 is 0. The number of benzene rings is 1. The van der Waals surface area contributed by atoms with Gasteiger partial charge in [0.15, 0.2) is 0 Å². The lowest BCUT2D eigenvalue weighted by molar-refractivity contribution is 0.147. The molecule has 2 atom stereocenters. The van der Waals surface area contributed by atoms with E-state index in [0.29, 0.717) is 6.54 Å². The molecule has 3 heteroatoms. The molecule has 1 aromatic carbocycles. The van der Waals surface area contributed by atoms with Crippen molar-refractivity contribution in [1.82, 2.24) is 4.98 Å². The molecule has 0 saturated heterocycles. The van der Waals surface area contributed by atoms with Crippen LogP contribution < -0.4 is 5.73 Å². The first kappa shape index (κ1) is 13.7. The Bertz CT molecular complexity index is 540. The predicted octanol–water partition coefficient (Wildman–Crippen LogP) is 2.47. The minimum absolute atomic E-state index is 0.129. The van der Waals surface area contributed by atoms with Crippen LogP contribution in [0.15, 0.2) is 42.7 Å². The third-order valence-corrected chi connectivity index (χ3v) is 3.62. The number of hydrogen-bond donors (Lipinski definition) is 2. The Morgan fingerprint density at radius 1 is 1.16 bits per heavy atom. The number of pyridine rings is 1. The molecule has 0 radical (unpaired) electrons. The number of nitrogens with two attached hydrogens (primary N) is 1. The summed E-state index contributed by atoms with van der Waals surface area (Å²) >= 11 is 0. The lowest BCUT2D eigenvalue weighted by Gasteiger charge is -2.22. The number of rotatable bonds is 4. The summed E-state index contributed by atoms with van der Waals surface area (Å²) in [6.07, 6.45) is 2.88. The molecule has 0 spiro atoms. The molecule has 0 saturated carbocycles. The molecule has 0 fully saturated rings.